The van der Waals surface area contributed by atoms with Gasteiger partial charge in [0.05, 0.1) is 38.3 Å². The summed E-state index contributed by atoms with van der Waals surface area (Å²) in [6.07, 6.45) is 42.6. The number of likely N-dealkylation sites (N-methyl/N-ethyl adjacent to an activating group) is 1. The molecule has 9 heteroatoms. The fourth-order valence-corrected chi connectivity index (χ4v) is 8.71. The first-order valence-corrected chi connectivity index (χ1v) is 28.3. The van der Waals surface area contributed by atoms with E-state index >= 15 is 0 Å². The van der Waals surface area contributed by atoms with Gasteiger partial charge in [-0.05, 0) is 78.3 Å². The minimum absolute atomic E-state index is 0.0176. The Morgan fingerprint density at radius 3 is 1.08 bits per heavy atom. The second-order valence-corrected chi connectivity index (χ2v) is 19.7. The molecule has 0 aromatic rings. The van der Waals surface area contributed by atoms with E-state index in [1.807, 2.05) is 14.1 Å². The maximum atomic E-state index is 13.2. The highest BCUT2D eigenvalue weighted by Gasteiger charge is 2.21. The van der Waals surface area contributed by atoms with E-state index in [1.165, 1.54) is 128 Å². The van der Waals surface area contributed by atoms with Crippen LogP contribution in [0.25, 0.3) is 0 Å². The lowest BCUT2D eigenvalue weighted by atomic mass is 9.94. The number of esters is 2. The summed E-state index contributed by atoms with van der Waals surface area (Å²) >= 11 is 0. The maximum absolute atomic E-state index is 13.2. The van der Waals surface area contributed by atoms with Crippen molar-refractivity contribution in [1.29, 1.82) is 0 Å². The van der Waals surface area contributed by atoms with E-state index in [1.54, 1.807) is 0 Å². The molecule has 65 heavy (non-hydrogen) atoms. The van der Waals surface area contributed by atoms with E-state index in [-0.39, 0.29) is 36.0 Å². The van der Waals surface area contributed by atoms with Gasteiger partial charge in [0.2, 0.25) is 0 Å². The zero-order valence-electron chi connectivity index (χ0n) is 44.1. The van der Waals surface area contributed by atoms with Crippen LogP contribution in [0.1, 0.15) is 272 Å². The number of rotatable bonds is 51. The number of nitrogens with zero attached hydrogens (tertiary/aromatic N) is 1. The molecule has 0 atom stereocenters. The summed E-state index contributed by atoms with van der Waals surface area (Å²) in [5.74, 6) is 0.124. The third-order valence-electron chi connectivity index (χ3n) is 13.1. The summed E-state index contributed by atoms with van der Waals surface area (Å²) in [4.78, 5) is 41.2. The van der Waals surface area contributed by atoms with Crippen molar-refractivity contribution in [3.8, 4) is 0 Å². The van der Waals surface area contributed by atoms with Crippen molar-refractivity contribution in [1.82, 2.24) is 10.2 Å². The van der Waals surface area contributed by atoms with Gasteiger partial charge >= 0.3 is 18.0 Å². The van der Waals surface area contributed by atoms with Gasteiger partial charge in [-0.1, -0.05) is 207 Å². The molecule has 0 aromatic carbocycles. The van der Waals surface area contributed by atoms with Gasteiger partial charge in [-0.25, -0.2) is 4.79 Å². The van der Waals surface area contributed by atoms with E-state index < -0.39 is 0 Å². The summed E-state index contributed by atoms with van der Waals surface area (Å²) in [6.45, 7) is 12.4. The highest BCUT2D eigenvalue weighted by atomic mass is 16.6. The molecule has 0 saturated carbocycles. The Hall–Kier alpha value is -1.87. The number of amides is 1. The summed E-state index contributed by atoms with van der Waals surface area (Å²) in [5, 5.41) is 2.88. The van der Waals surface area contributed by atoms with Crippen LogP contribution in [0, 0.1) is 11.8 Å². The molecule has 0 spiro atoms. The number of alkyl carbamates (subject to hydrolysis) is 1. The Labute approximate surface area is 403 Å². The molecular formula is C56H110N2O7. The molecule has 0 unspecified atom stereocenters. The van der Waals surface area contributed by atoms with Crippen molar-refractivity contribution >= 4 is 18.0 Å². The van der Waals surface area contributed by atoms with Crippen LogP contribution in [-0.4, -0.2) is 82.6 Å². The number of nitrogens with one attached hydrogen (secondary N) is 1. The maximum Gasteiger partial charge on any atom is 0.407 e. The number of unbranched alkanes of at least 4 members (excludes halogenated alkanes) is 26. The standard InChI is InChI=1S/C56H110N2O7/c1-7-11-15-19-23-31-39-51(40-32-24-20-16-12-8-2)54(59)63-47-37-29-27-35-43-53(65-56(61)57-45-49-62-50-46-58(5)6)44-36-28-30-38-48-64-55(60)52(41-33-25-21-17-13-9-3)42-34-26-22-18-14-10-4/h51-53H,7-50H2,1-6H3,(H,57,61). The van der Waals surface area contributed by atoms with Gasteiger partial charge in [0.1, 0.15) is 6.10 Å². The molecule has 1 amide bonds. The highest BCUT2D eigenvalue weighted by molar-refractivity contribution is 5.72. The number of ether oxygens (including phenoxy) is 4. The molecule has 0 radical (unpaired) electrons. The van der Waals surface area contributed by atoms with Gasteiger partial charge in [0.25, 0.3) is 0 Å². The minimum Gasteiger partial charge on any atom is -0.465 e. The van der Waals surface area contributed by atoms with Crippen LogP contribution in [0.2, 0.25) is 0 Å². The van der Waals surface area contributed by atoms with E-state index in [0.29, 0.717) is 33.0 Å². The van der Waals surface area contributed by atoms with Gasteiger partial charge in [-0.3, -0.25) is 9.59 Å². The van der Waals surface area contributed by atoms with E-state index in [9.17, 15) is 14.4 Å². The SMILES string of the molecule is CCCCCCCCC(CCCCCCCC)C(=O)OCCCCCCC(CCCCCCOC(=O)C(CCCCCCCC)CCCCCCCC)OC(=O)NCCOCCN(C)C. The van der Waals surface area contributed by atoms with Crippen LogP contribution < -0.4 is 5.32 Å². The molecule has 0 bridgehead atoms. The lowest BCUT2D eigenvalue weighted by Gasteiger charge is -2.19. The third-order valence-corrected chi connectivity index (χ3v) is 13.1. The Morgan fingerprint density at radius 1 is 0.400 bits per heavy atom. The molecule has 0 aromatic heterocycles. The summed E-state index contributed by atoms with van der Waals surface area (Å²) in [5.41, 5.74) is 0. The predicted molar refractivity (Wildman–Crippen MR) is 275 cm³/mol. The number of carbonyl (C=O) groups excluding carboxylic acids is 3. The lowest BCUT2D eigenvalue weighted by molar-refractivity contribution is -0.150. The third kappa shape index (κ3) is 44.4. The van der Waals surface area contributed by atoms with Crippen molar-refractivity contribution in [2.24, 2.45) is 11.8 Å². The highest BCUT2D eigenvalue weighted by Crippen LogP contribution is 2.23. The summed E-state index contributed by atoms with van der Waals surface area (Å²) < 4.78 is 23.3. The van der Waals surface area contributed by atoms with Crippen molar-refractivity contribution in [2.75, 3.05) is 53.6 Å². The van der Waals surface area contributed by atoms with Gasteiger partial charge in [0.15, 0.2) is 0 Å². The average molecular weight is 924 g/mol. The molecule has 386 valence electrons. The first-order chi connectivity index (χ1) is 31.8. The lowest BCUT2D eigenvalue weighted by Crippen LogP contribution is -2.32. The Balaban J connectivity index is 4.84. The van der Waals surface area contributed by atoms with Crippen molar-refractivity contribution in [3.05, 3.63) is 0 Å². The zero-order chi connectivity index (χ0) is 47.7. The van der Waals surface area contributed by atoms with Crippen molar-refractivity contribution in [2.45, 2.75) is 278 Å². The second-order valence-electron chi connectivity index (χ2n) is 19.7. The fraction of sp³-hybridized carbons (Fsp3) is 0.946. The van der Waals surface area contributed by atoms with Gasteiger partial charge < -0.3 is 29.2 Å². The number of hydrogen-bond donors (Lipinski definition) is 1. The first-order valence-electron chi connectivity index (χ1n) is 28.3. The fourth-order valence-electron chi connectivity index (χ4n) is 8.71. The van der Waals surface area contributed by atoms with Gasteiger partial charge in [-0.2, -0.15) is 0 Å². The zero-order valence-corrected chi connectivity index (χ0v) is 44.1. The number of hydrogen-bond acceptors (Lipinski definition) is 8. The Kier molecular flexibility index (Phi) is 48.6. The van der Waals surface area contributed by atoms with Crippen LogP contribution in [-0.2, 0) is 28.5 Å². The molecule has 0 rings (SSSR count). The first kappa shape index (κ1) is 63.1. The van der Waals surface area contributed by atoms with Gasteiger partial charge in [0, 0.05) is 13.1 Å². The van der Waals surface area contributed by atoms with Crippen LogP contribution >= 0.6 is 0 Å². The Morgan fingerprint density at radius 2 is 0.723 bits per heavy atom. The van der Waals surface area contributed by atoms with Crippen molar-refractivity contribution in [3.63, 3.8) is 0 Å². The summed E-state index contributed by atoms with van der Waals surface area (Å²) in [6, 6.07) is 0. The minimum atomic E-state index is -0.377. The topological polar surface area (TPSA) is 103 Å². The van der Waals surface area contributed by atoms with E-state index in [2.05, 4.69) is 37.9 Å². The smallest absolute Gasteiger partial charge is 0.407 e. The van der Waals surface area contributed by atoms with E-state index in [4.69, 9.17) is 18.9 Å². The van der Waals surface area contributed by atoms with Crippen LogP contribution in [0.3, 0.4) is 0 Å². The molecular weight excluding hydrogens is 813 g/mol. The average Bonchev–Trinajstić information content (AvgIpc) is 3.29. The molecule has 0 aliphatic heterocycles. The van der Waals surface area contributed by atoms with Crippen molar-refractivity contribution < 1.29 is 33.3 Å². The molecule has 1 N–H and O–H groups in total. The number of carbonyl (C=O) groups is 3. The van der Waals surface area contributed by atoms with Crippen LogP contribution in [0.4, 0.5) is 4.79 Å². The molecule has 0 saturated heterocycles. The second kappa shape index (κ2) is 50.0. The predicted octanol–water partition coefficient (Wildman–Crippen LogP) is 15.9. The van der Waals surface area contributed by atoms with Gasteiger partial charge in [-0.15, -0.1) is 0 Å². The molecule has 0 aliphatic rings. The quantitative estimate of drug-likeness (QED) is 0.0366. The summed E-state index contributed by atoms with van der Waals surface area (Å²) in [7, 11) is 4.03. The normalized spacial score (nSPS) is 11.7. The molecule has 9 nitrogen and oxygen atoms in total. The van der Waals surface area contributed by atoms with Crippen LogP contribution in [0.15, 0.2) is 0 Å². The largest absolute Gasteiger partial charge is 0.465 e. The van der Waals surface area contributed by atoms with Crippen LogP contribution in [0.5, 0.6) is 0 Å². The molecule has 0 heterocycles. The monoisotopic (exact) mass is 923 g/mol. The molecule has 0 aliphatic carbocycles. The molecule has 0 fully saturated rings. The van der Waals surface area contributed by atoms with E-state index in [0.717, 1.165) is 122 Å². The Bertz CT molecular complexity index is 933.